The normalized spacial score (nSPS) is 44.7. The van der Waals surface area contributed by atoms with Crippen molar-refractivity contribution >= 4 is 28.9 Å². The first-order valence-electron chi connectivity index (χ1n) is 6.18. The highest BCUT2D eigenvalue weighted by Crippen LogP contribution is 2.84. The van der Waals surface area contributed by atoms with E-state index in [-0.39, 0.29) is 11.8 Å². The summed E-state index contributed by atoms with van der Waals surface area (Å²) in [7, 11) is 0. The number of aliphatic imine (C=N–C) groups is 1. The molecule has 1 saturated carbocycles. The molecule has 7 heteroatoms. The van der Waals surface area contributed by atoms with Crippen molar-refractivity contribution in [2.24, 2.45) is 21.6 Å². The largest absolute Gasteiger partial charge is 0.386 e. The lowest BCUT2D eigenvalue weighted by atomic mass is 9.95. The number of thiophene rings is 1. The highest BCUT2D eigenvalue weighted by molar-refractivity contribution is 8.00. The van der Waals surface area contributed by atoms with Crippen LogP contribution in [-0.2, 0) is 4.74 Å². The number of thioether (sulfide) groups is 1. The number of nitrogens with zero attached hydrogens (tertiary/aromatic N) is 3. The Morgan fingerprint density at radius 2 is 2.30 bits per heavy atom. The van der Waals surface area contributed by atoms with Crippen LogP contribution in [0.15, 0.2) is 22.5 Å². The van der Waals surface area contributed by atoms with Crippen molar-refractivity contribution in [2.45, 2.75) is 11.0 Å². The third-order valence-electron chi connectivity index (χ3n) is 4.43. The van der Waals surface area contributed by atoms with Crippen LogP contribution in [0.25, 0.3) is 0 Å². The van der Waals surface area contributed by atoms with Gasteiger partial charge in [-0.05, 0) is 11.4 Å². The van der Waals surface area contributed by atoms with Gasteiger partial charge < -0.3 is 10.5 Å². The minimum atomic E-state index is -1.04. The van der Waals surface area contributed by atoms with Crippen LogP contribution in [0.4, 0.5) is 0 Å². The summed E-state index contributed by atoms with van der Waals surface area (Å²) in [5.41, 5.74) is 4.03. The van der Waals surface area contributed by atoms with Crippen molar-refractivity contribution < 1.29 is 4.74 Å². The predicted octanol–water partition coefficient (Wildman–Crippen LogP) is 1.65. The first kappa shape index (κ1) is 12.2. The van der Waals surface area contributed by atoms with Gasteiger partial charge in [-0.3, -0.25) is 0 Å². The minimum absolute atomic E-state index is 0.243. The molecule has 1 aromatic rings. The van der Waals surface area contributed by atoms with Crippen LogP contribution < -0.4 is 5.73 Å². The maximum absolute atomic E-state index is 9.86. The van der Waals surface area contributed by atoms with E-state index < -0.39 is 15.9 Å². The summed E-state index contributed by atoms with van der Waals surface area (Å²) in [4.78, 5) is 5.39. The third kappa shape index (κ3) is 0.977. The van der Waals surface area contributed by atoms with Gasteiger partial charge in [0, 0.05) is 16.5 Å². The second-order valence-electron chi connectivity index (χ2n) is 5.06. The second-order valence-corrected chi connectivity index (χ2v) is 7.29. The summed E-state index contributed by atoms with van der Waals surface area (Å²) < 4.78 is 5.80. The van der Waals surface area contributed by atoms with Gasteiger partial charge in [-0.2, -0.15) is 10.5 Å². The van der Waals surface area contributed by atoms with Crippen molar-refractivity contribution in [1.82, 2.24) is 0 Å². The lowest BCUT2D eigenvalue weighted by Crippen LogP contribution is -2.33. The number of ether oxygens (including phenoxy) is 1. The topological polar surface area (TPSA) is 95.2 Å². The molecule has 1 aromatic heterocycles. The van der Waals surface area contributed by atoms with Gasteiger partial charge >= 0.3 is 0 Å². The second kappa shape index (κ2) is 3.56. The molecule has 0 radical (unpaired) electrons. The molecule has 1 saturated heterocycles. The maximum Gasteiger partial charge on any atom is 0.230 e. The molecular weight excluding hydrogens is 292 g/mol. The van der Waals surface area contributed by atoms with E-state index in [0.29, 0.717) is 6.61 Å². The molecule has 0 unspecified atom stereocenters. The van der Waals surface area contributed by atoms with E-state index in [0.717, 1.165) is 10.6 Å². The van der Waals surface area contributed by atoms with Crippen molar-refractivity contribution in [3.63, 3.8) is 0 Å². The first-order valence-corrected chi connectivity index (χ1v) is 8.05. The van der Waals surface area contributed by atoms with E-state index in [4.69, 9.17) is 10.5 Å². The van der Waals surface area contributed by atoms with Gasteiger partial charge in [0.15, 0.2) is 5.41 Å². The summed E-state index contributed by atoms with van der Waals surface area (Å²) in [5.74, 6) is 0.765. The standard InChI is InChI=1S/C13H10N4OS2/c14-6-11-9(8-2-1-4-19-8)12(11,7-15)13(17-10(11)16)18-3-5-20-13/h1-2,4,9H,3,5H2,(H2,16,17)/t9-,11-,12-,13-/m1/s1. The molecule has 100 valence electrons. The Morgan fingerprint density at radius 1 is 1.45 bits per heavy atom. The van der Waals surface area contributed by atoms with Crippen LogP contribution in [0, 0.1) is 33.5 Å². The summed E-state index contributed by atoms with van der Waals surface area (Å²) in [6.07, 6.45) is 0. The molecule has 3 heterocycles. The minimum Gasteiger partial charge on any atom is -0.386 e. The Hall–Kier alpha value is -1.54. The molecule has 0 bridgehead atoms. The van der Waals surface area contributed by atoms with E-state index in [1.807, 2.05) is 17.5 Å². The van der Waals surface area contributed by atoms with Crippen molar-refractivity contribution in [3.05, 3.63) is 22.4 Å². The summed E-state index contributed by atoms with van der Waals surface area (Å²) in [5, 5.41) is 20.5. The molecule has 1 spiro atoms. The quantitative estimate of drug-likeness (QED) is 0.851. The van der Waals surface area contributed by atoms with Crippen LogP contribution in [0.1, 0.15) is 10.8 Å². The van der Waals surface area contributed by atoms with Gasteiger partial charge in [-0.1, -0.05) is 17.8 Å². The molecule has 3 aliphatic rings. The fourth-order valence-corrected chi connectivity index (χ4v) is 5.89. The summed E-state index contributed by atoms with van der Waals surface area (Å²) in [6, 6.07) is 8.51. The molecule has 1 aliphatic carbocycles. The smallest absolute Gasteiger partial charge is 0.230 e. The Balaban J connectivity index is 1.96. The predicted molar refractivity (Wildman–Crippen MR) is 75.9 cm³/mol. The zero-order chi connectivity index (χ0) is 14.0. The molecule has 0 amide bonds. The SMILES string of the molecule is N#C[C@@]12[C@H](c3cccs3)[C@]1(C#N)C(N)=N[C@@]21OCCS1. The monoisotopic (exact) mass is 302 g/mol. The number of amidine groups is 1. The zero-order valence-electron chi connectivity index (χ0n) is 10.4. The van der Waals surface area contributed by atoms with E-state index in [2.05, 4.69) is 17.1 Å². The Morgan fingerprint density at radius 3 is 2.85 bits per heavy atom. The highest BCUT2D eigenvalue weighted by atomic mass is 32.2. The van der Waals surface area contributed by atoms with Crippen LogP contribution in [-0.4, -0.2) is 23.3 Å². The van der Waals surface area contributed by atoms with Crippen molar-refractivity contribution in [1.29, 1.82) is 10.5 Å². The summed E-state index contributed by atoms with van der Waals surface area (Å²) >= 11 is 3.03. The molecule has 2 aliphatic heterocycles. The van der Waals surface area contributed by atoms with Gasteiger partial charge in [0.25, 0.3) is 0 Å². The Kier molecular flexibility index (Phi) is 2.17. The molecular formula is C13H10N4OS2. The molecule has 20 heavy (non-hydrogen) atoms. The van der Waals surface area contributed by atoms with Gasteiger partial charge in [-0.15, -0.1) is 11.3 Å². The van der Waals surface area contributed by atoms with Gasteiger partial charge in [0.2, 0.25) is 5.06 Å². The van der Waals surface area contributed by atoms with E-state index in [9.17, 15) is 10.5 Å². The third-order valence-corrected chi connectivity index (χ3v) is 6.66. The molecule has 5 nitrogen and oxygen atoms in total. The summed E-state index contributed by atoms with van der Waals surface area (Å²) in [6.45, 7) is 0.531. The van der Waals surface area contributed by atoms with Crippen molar-refractivity contribution in [3.8, 4) is 12.1 Å². The lowest BCUT2D eigenvalue weighted by molar-refractivity contribution is 0.0201. The van der Waals surface area contributed by atoms with Crippen LogP contribution in [0.3, 0.4) is 0 Å². The van der Waals surface area contributed by atoms with Gasteiger partial charge in [0.05, 0.1) is 18.7 Å². The average molecular weight is 302 g/mol. The number of rotatable bonds is 1. The first-order chi connectivity index (χ1) is 9.68. The zero-order valence-corrected chi connectivity index (χ0v) is 12.0. The number of nitrogens with two attached hydrogens (primary N) is 1. The van der Waals surface area contributed by atoms with E-state index in [1.54, 1.807) is 11.3 Å². The van der Waals surface area contributed by atoms with Crippen molar-refractivity contribution in [2.75, 3.05) is 12.4 Å². The van der Waals surface area contributed by atoms with E-state index in [1.165, 1.54) is 11.8 Å². The number of hydrogen-bond acceptors (Lipinski definition) is 7. The molecule has 0 aromatic carbocycles. The molecule has 4 atom stereocenters. The highest BCUT2D eigenvalue weighted by Gasteiger charge is 2.93. The number of hydrogen-bond donors (Lipinski definition) is 1. The maximum atomic E-state index is 9.86. The van der Waals surface area contributed by atoms with Crippen LogP contribution in [0.5, 0.6) is 0 Å². The van der Waals surface area contributed by atoms with Gasteiger partial charge in [-0.25, -0.2) is 4.99 Å². The average Bonchev–Trinajstić information content (AvgIpc) is 2.93. The number of nitriles is 2. The molecule has 4 rings (SSSR count). The van der Waals surface area contributed by atoms with Gasteiger partial charge in [0.1, 0.15) is 11.3 Å². The van der Waals surface area contributed by atoms with Crippen LogP contribution in [0.2, 0.25) is 0 Å². The lowest BCUT2D eigenvalue weighted by Gasteiger charge is -2.25. The molecule has 2 N–H and O–H groups in total. The van der Waals surface area contributed by atoms with Crippen LogP contribution >= 0.6 is 23.1 Å². The fraction of sp³-hybridized carbons (Fsp3) is 0.462. The molecule has 2 fully saturated rings. The fourth-order valence-electron chi connectivity index (χ4n) is 3.60. The Labute approximate surface area is 124 Å². The Bertz CT molecular complexity index is 695. The van der Waals surface area contributed by atoms with E-state index >= 15 is 0 Å². The number of fused-ring (bicyclic) bond motifs is 2.